The maximum atomic E-state index is 10.5. The molecule has 4 aromatic heterocycles. The van der Waals surface area contributed by atoms with Crippen molar-refractivity contribution in [2.75, 3.05) is 0 Å². The zero-order valence-electron chi connectivity index (χ0n) is 20.9. The number of benzene rings is 4. The summed E-state index contributed by atoms with van der Waals surface area (Å²) >= 11 is 0. The minimum Gasteiger partial charge on any atom is -0.507 e. The summed E-state index contributed by atoms with van der Waals surface area (Å²) in [5, 5.41) is 15.1. The molecule has 5 nitrogen and oxygen atoms in total. The summed E-state index contributed by atoms with van der Waals surface area (Å²) in [6, 6.07) is 40.9. The third kappa shape index (κ3) is 3.20. The van der Waals surface area contributed by atoms with Crippen molar-refractivity contribution in [1.82, 2.24) is 19.1 Å². The molecule has 39 heavy (non-hydrogen) atoms. The summed E-state index contributed by atoms with van der Waals surface area (Å²) in [7, 11) is 0. The maximum absolute atomic E-state index is 10.5. The standard InChI is InChI=1S/C34H22N4O/c39-32-14-6-3-11-27(32)28-19-18-26-24-10-2-4-12-29(24)37(34(26)36-28)22-16-17-25-23-9-1-5-13-30(23)38(31(25)21-22)33-15-7-8-20-35-33/h1-21,39H. The number of para-hydroxylation sites is 3. The van der Waals surface area contributed by atoms with E-state index < -0.39 is 0 Å². The lowest BCUT2D eigenvalue weighted by Crippen LogP contribution is -1.99. The number of rotatable bonds is 3. The fourth-order valence-corrected chi connectivity index (χ4v) is 5.77. The maximum Gasteiger partial charge on any atom is 0.146 e. The van der Waals surface area contributed by atoms with Crippen LogP contribution in [0.1, 0.15) is 0 Å². The molecular weight excluding hydrogens is 480 g/mol. The first-order valence-electron chi connectivity index (χ1n) is 12.9. The van der Waals surface area contributed by atoms with Gasteiger partial charge in [0.05, 0.1) is 22.2 Å². The van der Waals surface area contributed by atoms with Crippen LogP contribution in [0.25, 0.3) is 66.5 Å². The Kier molecular flexibility index (Phi) is 4.60. The highest BCUT2D eigenvalue weighted by Crippen LogP contribution is 2.37. The van der Waals surface area contributed by atoms with E-state index in [9.17, 15) is 5.11 Å². The molecule has 0 saturated carbocycles. The molecule has 0 spiro atoms. The normalized spacial score (nSPS) is 11.7. The lowest BCUT2D eigenvalue weighted by atomic mass is 10.1. The molecule has 0 unspecified atom stereocenters. The largest absolute Gasteiger partial charge is 0.507 e. The van der Waals surface area contributed by atoms with Crippen LogP contribution in [0.5, 0.6) is 5.75 Å². The molecule has 0 aliphatic rings. The van der Waals surface area contributed by atoms with Crippen molar-refractivity contribution < 1.29 is 5.11 Å². The molecule has 8 aromatic rings. The minimum atomic E-state index is 0.216. The van der Waals surface area contributed by atoms with Gasteiger partial charge in [0.15, 0.2) is 0 Å². The molecule has 0 fully saturated rings. The SMILES string of the molecule is Oc1ccccc1-c1ccc2c3ccccc3n(-c3ccc4c5ccccc5n(-c5ccccn5)c4c3)c2n1. The Balaban J connectivity index is 1.46. The highest BCUT2D eigenvalue weighted by atomic mass is 16.3. The van der Waals surface area contributed by atoms with Crippen LogP contribution in [0, 0.1) is 0 Å². The summed E-state index contributed by atoms with van der Waals surface area (Å²) < 4.78 is 4.44. The van der Waals surface area contributed by atoms with E-state index in [1.807, 2.05) is 48.7 Å². The third-order valence-electron chi connectivity index (χ3n) is 7.50. The molecule has 0 radical (unpaired) electrons. The zero-order valence-corrected chi connectivity index (χ0v) is 20.9. The van der Waals surface area contributed by atoms with Crippen molar-refractivity contribution in [3.63, 3.8) is 0 Å². The Morgan fingerprint density at radius 3 is 2.00 bits per heavy atom. The van der Waals surface area contributed by atoms with E-state index in [1.54, 1.807) is 6.07 Å². The molecule has 0 saturated heterocycles. The quantitative estimate of drug-likeness (QED) is 0.266. The first-order chi connectivity index (χ1) is 19.3. The monoisotopic (exact) mass is 502 g/mol. The van der Waals surface area contributed by atoms with Gasteiger partial charge in [0.1, 0.15) is 17.2 Å². The van der Waals surface area contributed by atoms with Gasteiger partial charge in [0, 0.05) is 39.0 Å². The van der Waals surface area contributed by atoms with Gasteiger partial charge >= 0.3 is 0 Å². The minimum absolute atomic E-state index is 0.216. The number of nitrogens with zero attached hydrogens (tertiary/aromatic N) is 4. The van der Waals surface area contributed by atoms with Crippen LogP contribution in [-0.4, -0.2) is 24.2 Å². The fourth-order valence-electron chi connectivity index (χ4n) is 5.77. The molecule has 184 valence electrons. The lowest BCUT2D eigenvalue weighted by molar-refractivity contribution is 0.477. The Labute approximate surface area is 223 Å². The lowest BCUT2D eigenvalue weighted by Gasteiger charge is -2.11. The molecule has 4 aromatic carbocycles. The smallest absolute Gasteiger partial charge is 0.146 e. The fraction of sp³-hybridized carbons (Fsp3) is 0. The van der Waals surface area contributed by atoms with Gasteiger partial charge in [-0.05, 0) is 60.7 Å². The number of aromatic hydroxyl groups is 1. The van der Waals surface area contributed by atoms with Gasteiger partial charge in [-0.15, -0.1) is 0 Å². The van der Waals surface area contributed by atoms with Crippen LogP contribution in [0.15, 0.2) is 128 Å². The van der Waals surface area contributed by atoms with Crippen molar-refractivity contribution >= 4 is 43.7 Å². The van der Waals surface area contributed by atoms with E-state index in [0.717, 1.165) is 50.2 Å². The average molecular weight is 503 g/mol. The van der Waals surface area contributed by atoms with Gasteiger partial charge in [-0.3, -0.25) is 9.13 Å². The van der Waals surface area contributed by atoms with Crippen LogP contribution in [0.4, 0.5) is 0 Å². The Morgan fingerprint density at radius 2 is 1.21 bits per heavy atom. The van der Waals surface area contributed by atoms with Crippen LogP contribution in [-0.2, 0) is 0 Å². The first kappa shape index (κ1) is 21.6. The van der Waals surface area contributed by atoms with Crippen LogP contribution in [0.3, 0.4) is 0 Å². The number of phenolic OH excluding ortho intramolecular Hbond substituents is 1. The number of hydrogen-bond donors (Lipinski definition) is 1. The molecule has 0 aliphatic carbocycles. The summed E-state index contributed by atoms with van der Waals surface area (Å²) in [4.78, 5) is 9.79. The summed E-state index contributed by atoms with van der Waals surface area (Å²) in [6.45, 7) is 0. The van der Waals surface area contributed by atoms with Gasteiger partial charge in [-0.25, -0.2) is 9.97 Å². The highest BCUT2D eigenvalue weighted by Gasteiger charge is 2.18. The summed E-state index contributed by atoms with van der Waals surface area (Å²) in [5.74, 6) is 1.09. The van der Waals surface area contributed by atoms with Crippen LogP contribution in [0.2, 0.25) is 0 Å². The number of hydrogen-bond acceptors (Lipinski definition) is 3. The number of phenols is 1. The molecule has 5 heteroatoms. The topological polar surface area (TPSA) is 55.9 Å². The predicted molar refractivity (Wildman–Crippen MR) is 158 cm³/mol. The zero-order chi connectivity index (χ0) is 25.9. The summed E-state index contributed by atoms with van der Waals surface area (Å²) in [5.41, 5.74) is 6.57. The predicted octanol–water partition coefficient (Wildman–Crippen LogP) is 8.04. The number of pyridine rings is 2. The van der Waals surface area contributed by atoms with Crippen LogP contribution < -0.4 is 0 Å². The molecule has 0 amide bonds. The molecule has 4 heterocycles. The highest BCUT2D eigenvalue weighted by molar-refractivity contribution is 6.11. The van der Waals surface area contributed by atoms with Gasteiger partial charge in [0.25, 0.3) is 0 Å². The van der Waals surface area contributed by atoms with E-state index in [0.29, 0.717) is 5.56 Å². The number of fused-ring (bicyclic) bond motifs is 6. The number of aromatic nitrogens is 4. The van der Waals surface area contributed by atoms with E-state index in [4.69, 9.17) is 4.98 Å². The van der Waals surface area contributed by atoms with Gasteiger partial charge < -0.3 is 5.11 Å². The first-order valence-corrected chi connectivity index (χ1v) is 12.9. The van der Waals surface area contributed by atoms with Crippen LogP contribution >= 0.6 is 0 Å². The van der Waals surface area contributed by atoms with E-state index in [1.165, 1.54) is 10.8 Å². The molecule has 0 aliphatic heterocycles. The van der Waals surface area contributed by atoms with Gasteiger partial charge in [-0.1, -0.05) is 60.7 Å². The second-order valence-electron chi connectivity index (χ2n) is 9.68. The average Bonchev–Trinajstić information content (AvgIpc) is 3.50. The second-order valence-corrected chi connectivity index (χ2v) is 9.68. The van der Waals surface area contributed by atoms with Crippen molar-refractivity contribution in [3.05, 3.63) is 128 Å². The summed E-state index contributed by atoms with van der Waals surface area (Å²) in [6.07, 6.45) is 1.83. The van der Waals surface area contributed by atoms with Crippen molar-refractivity contribution in [2.24, 2.45) is 0 Å². The van der Waals surface area contributed by atoms with E-state index >= 15 is 0 Å². The molecule has 8 rings (SSSR count). The third-order valence-corrected chi connectivity index (χ3v) is 7.50. The van der Waals surface area contributed by atoms with E-state index in [2.05, 4.69) is 86.9 Å². The molecule has 0 atom stereocenters. The Morgan fingerprint density at radius 1 is 0.538 bits per heavy atom. The van der Waals surface area contributed by atoms with Gasteiger partial charge in [0.2, 0.25) is 0 Å². The van der Waals surface area contributed by atoms with Gasteiger partial charge in [-0.2, -0.15) is 0 Å². The van der Waals surface area contributed by atoms with Crippen molar-refractivity contribution in [2.45, 2.75) is 0 Å². The second kappa shape index (κ2) is 8.30. The molecular formula is C34H22N4O. The van der Waals surface area contributed by atoms with E-state index in [-0.39, 0.29) is 5.75 Å². The Hall–Kier alpha value is -5.42. The molecule has 0 bridgehead atoms. The van der Waals surface area contributed by atoms with Crippen molar-refractivity contribution in [3.8, 4) is 28.5 Å². The molecule has 1 N–H and O–H groups in total. The Bertz CT molecular complexity index is 2190. The van der Waals surface area contributed by atoms with Crippen molar-refractivity contribution in [1.29, 1.82) is 0 Å².